The molecule has 5 aliphatic rings. The Hall–Kier alpha value is -0.120. The van der Waals surface area contributed by atoms with E-state index in [0.29, 0.717) is 24.0 Å². The molecule has 3 aliphatic heterocycles. The third-order valence-electron chi connectivity index (χ3n) is 5.01. The lowest BCUT2D eigenvalue weighted by Crippen LogP contribution is -2.31. The van der Waals surface area contributed by atoms with E-state index in [1.807, 2.05) is 0 Å². The number of hydrogen-bond donors (Lipinski definition) is 0. The minimum absolute atomic E-state index is 0.0718. The molecule has 3 saturated heterocycles. The van der Waals surface area contributed by atoms with E-state index in [0.717, 1.165) is 11.8 Å². The number of ether oxygens (including phenoxy) is 3. The largest absolute Gasteiger partial charge is 0.346 e. The smallest absolute Gasteiger partial charge is 0.172 e. The van der Waals surface area contributed by atoms with Gasteiger partial charge in [-0.25, -0.2) is 0 Å². The summed E-state index contributed by atoms with van der Waals surface area (Å²) in [5.41, 5.74) is 0. The van der Waals surface area contributed by atoms with Crippen LogP contribution in [0.4, 0.5) is 0 Å². The van der Waals surface area contributed by atoms with Crippen molar-refractivity contribution in [3.05, 3.63) is 0 Å². The Bertz CT molecular complexity index is 317. The van der Waals surface area contributed by atoms with Gasteiger partial charge in [-0.1, -0.05) is 0 Å². The first-order valence-electron chi connectivity index (χ1n) is 5.29. The van der Waals surface area contributed by atoms with Crippen LogP contribution in [0, 0.1) is 23.7 Å². The van der Waals surface area contributed by atoms with E-state index in [1.54, 1.807) is 0 Å². The third-order valence-corrected chi connectivity index (χ3v) is 5.01. The van der Waals surface area contributed by atoms with E-state index in [2.05, 4.69) is 6.92 Å². The predicted octanol–water partition coefficient (Wildman–Crippen LogP) is 0.739. The molecule has 2 saturated carbocycles. The summed E-state index contributed by atoms with van der Waals surface area (Å²) in [4.78, 5) is 0. The van der Waals surface area contributed by atoms with Crippen LogP contribution in [0.1, 0.15) is 13.3 Å². The minimum atomic E-state index is -0.287. The van der Waals surface area contributed by atoms with Crippen LogP contribution in [0.25, 0.3) is 0 Å². The van der Waals surface area contributed by atoms with Gasteiger partial charge in [0.1, 0.15) is 0 Å². The molecular weight excluding hydrogens is 168 g/mol. The van der Waals surface area contributed by atoms with Crippen molar-refractivity contribution in [2.45, 2.75) is 37.6 Å². The predicted molar refractivity (Wildman–Crippen MR) is 41.6 cm³/mol. The van der Waals surface area contributed by atoms with Crippen LogP contribution in [0.2, 0.25) is 0 Å². The maximum atomic E-state index is 6.02. The van der Waals surface area contributed by atoms with Gasteiger partial charge in [-0.2, -0.15) is 0 Å². The molecule has 5 fully saturated rings. The van der Waals surface area contributed by atoms with Crippen molar-refractivity contribution in [1.29, 1.82) is 0 Å². The van der Waals surface area contributed by atoms with Gasteiger partial charge in [0.05, 0.1) is 12.2 Å². The maximum absolute atomic E-state index is 6.02. The Kier molecular flexibility index (Phi) is 0.724. The van der Waals surface area contributed by atoms with Gasteiger partial charge in [-0.15, -0.1) is 0 Å². The van der Waals surface area contributed by atoms with Crippen LogP contribution in [-0.2, 0) is 14.2 Å². The van der Waals surface area contributed by atoms with E-state index >= 15 is 0 Å². The second kappa shape index (κ2) is 1.47. The Labute approximate surface area is 76.3 Å². The van der Waals surface area contributed by atoms with Crippen molar-refractivity contribution >= 4 is 0 Å². The quantitative estimate of drug-likeness (QED) is 0.550. The Morgan fingerprint density at radius 3 is 3.00 bits per heavy atom. The lowest BCUT2D eigenvalue weighted by Gasteiger charge is -2.22. The molecule has 13 heavy (non-hydrogen) atoms. The van der Waals surface area contributed by atoms with Gasteiger partial charge in [0, 0.05) is 11.8 Å². The molecule has 0 aromatic heterocycles. The highest BCUT2D eigenvalue weighted by Gasteiger charge is 2.79. The molecule has 0 spiro atoms. The molecule has 2 aliphatic carbocycles. The molecule has 3 heterocycles. The van der Waals surface area contributed by atoms with Crippen LogP contribution in [0.5, 0.6) is 0 Å². The van der Waals surface area contributed by atoms with Gasteiger partial charge in [-0.3, -0.25) is 0 Å². The molecule has 3 nitrogen and oxygen atoms in total. The average Bonchev–Trinajstić information content (AvgIpc) is 2.66. The van der Waals surface area contributed by atoms with Crippen molar-refractivity contribution in [3.8, 4) is 0 Å². The highest BCUT2D eigenvalue weighted by atomic mass is 16.8. The first kappa shape index (κ1) is 6.38. The van der Waals surface area contributed by atoms with E-state index in [1.165, 1.54) is 6.42 Å². The molecule has 0 radical (unpaired) electrons. The van der Waals surface area contributed by atoms with Crippen molar-refractivity contribution in [2.24, 2.45) is 23.7 Å². The average molecular weight is 180 g/mol. The maximum Gasteiger partial charge on any atom is 0.172 e. The van der Waals surface area contributed by atoms with Gasteiger partial charge in [-0.05, 0) is 25.2 Å². The molecule has 0 unspecified atom stereocenters. The number of rotatable bonds is 0. The van der Waals surface area contributed by atoms with Crippen LogP contribution in [0.15, 0.2) is 0 Å². The highest BCUT2D eigenvalue weighted by Crippen LogP contribution is 2.72. The van der Waals surface area contributed by atoms with Gasteiger partial charge >= 0.3 is 0 Å². The van der Waals surface area contributed by atoms with Crippen LogP contribution >= 0.6 is 0 Å². The zero-order valence-corrected chi connectivity index (χ0v) is 7.47. The molecule has 70 valence electrons. The fraction of sp³-hybridized carbons (Fsp3) is 1.00. The SMILES string of the molecule is C[C@@]12O[C@H]3O[C@H]4[C@H]5C[C@@H]([C@@H]4O1)[C@@H]2[C@@H]35. The summed E-state index contributed by atoms with van der Waals surface area (Å²) in [7, 11) is 0. The lowest BCUT2D eigenvalue weighted by atomic mass is 9.79. The van der Waals surface area contributed by atoms with E-state index in [9.17, 15) is 0 Å². The molecule has 0 aromatic carbocycles. The second-order valence-electron chi connectivity index (χ2n) is 5.35. The molecule has 5 rings (SSSR count). The van der Waals surface area contributed by atoms with E-state index in [-0.39, 0.29) is 12.1 Å². The summed E-state index contributed by atoms with van der Waals surface area (Å²) >= 11 is 0. The molecule has 0 N–H and O–H groups in total. The second-order valence-corrected chi connectivity index (χ2v) is 5.35. The van der Waals surface area contributed by atoms with Crippen molar-refractivity contribution < 1.29 is 14.2 Å². The Morgan fingerprint density at radius 2 is 2.08 bits per heavy atom. The summed E-state index contributed by atoms with van der Waals surface area (Å²) in [6.45, 7) is 2.11. The zero-order valence-electron chi connectivity index (χ0n) is 7.47. The normalized spacial score (nSPS) is 80.5. The summed E-state index contributed by atoms with van der Waals surface area (Å²) in [6, 6.07) is 0. The van der Waals surface area contributed by atoms with Gasteiger partial charge in [0.2, 0.25) is 0 Å². The van der Waals surface area contributed by atoms with E-state index < -0.39 is 0 Å². The van der Waals surface area contributed by atoms with Gasteiger partial charge < -0.3 is 14.2 Å². The minimum Gasteiger partial charge on any atom is -0.346 e. The topological polar surface area (TPSA) is 27.7 Å². The summed E-state index contributed by atoms with van der Waals surface area (Å²) in [5, 5.41) is 0. The molecule has 3 heteroatoms. The fourth-order valence-corrected chi connectivity index (χ4v) is 4.83. The highest BCUT2D eigenvalue weighted by molar-refractivity contribution is 5.21. The third kappa shape index (κ3) is 0.431. The number of hydrogen-bond acceptors (Lipinski definition) is 3. The first-order chi connectivity index (χ1) is 6.28. The van der Waals surface area contributed by atoms with Gasteiger partial charge in [0.15, 0.2) is 12.1 Å². The number of fused-ring (bicyclic) bond motifs is 1. The van der Waals surface area contributed by atoms with Crippen molar-refractivity contribution in [1.82, 2.24) is 0 Å². The summed E-state index contributed by atoms with van der Waals surface area (Å²) < 4.78 is 17.8. The Balaban J connectivity index is 1.86. The van der Waals surface area contributed by atoms with E-state index in [4.69, 9.17) is 14.2 Å². The Morgan fingerprint density at radius 1 is 1.15 bits per heavy atom. The van der Waals surface area contributed by atoms with Crippen LogP contribution < -0.4 is 0 Å². The first-order valence-corrected chi connectivity index (χ1v) is 5.29. The van der Waals surface area contributed by atoms with Crippen LogP contribution in [-0.4, -0.2) is 24.3 Å². The summed E-state index contributed by atoms with van der Waals surface area (Å²) in [6.07, 6.45) is 2.15. The molecule has 0 aromatic rings. The van der Waals surface area contributed by atoms with Crippen molar-refractivity contribution in [3.63, 3.8) is 0 Å². The van der Waals surface area contributed by atoms with Crippen molar-refractivity contribution in [2.75, 3.05) is 0 Å². The molecule has 8 atom stereocenters. The summed E-state index contributed by atoms with van der Waals surface area (Å²) in [5.74, 6) is 2.53. The monoisotopic (exact) mass is 180 g/mol. The fourth-order valence-electron chi connectivity index (χ4n) is 4.83. The zero-order chi connectivity index (χ0) is 8.37. The molecular formula is C10H12O3. The van der Waals surface area contributed by atoms with Gasteiger partial charge in [0.25, 0.3) is 0 Å². The lowest BCUT2D eigenvalue weighted by molar-refractivity contribution is -0.227. The molecule has 0 amide bonds. The van der Waals surface area contributed by atoms with Crippen LogP contribution in [0.3, 0.4) is 0 Å². The standard InChI is InChI=1S/C10H12O3/c1-10-6-4-2-3-5(6)9(13-10)11-7(3)8(4)12-10/h3-9H,2H2,1H3/t3-,4+,5-,6+,7-,8-,9+,10-/m0/s1. The molecule has 2 bridgehead atoms.